The monoisotopic (exact) mass is 282 g/mol. The van der Waals surface area contributed by atoms with Gasteiger partial charge in [-0.05, 0) is 49.3 Å². The predicted octanol–water partition coefficient (Wildman–Crippen LogP) is 2.27. The molecule has 4 rings (SSSR count). The van der Waals surface area contributed by atoms with Crippen LogP contribution in [0.25, 0.3) is 0 Å². The number of hydrogen-bond donors (Lipinski definition) is 1. The van der Waals surface area contributed by atoms with Crippen molar-refractivity contribution in [3.63, 3.8) is 0 Å². The second-order valence-electron chi connectivity index (χ2n) is 6.37. The second-order valence-corrected chi connectivity index (χ2v) is 6.37. The summed E-state index contributed by atoms with van der Waals surface area (Å²) in [5, 5.41) is 9.01. The van der Waals surface area contributed by atoms with Gasteiger partial charge in [-0.15, -0.1) is 10.2 Å². The van der Waals surface area contributed by atoms with Crippen LogP contribution in [0, 0.1) is 5.92 Å². The molecule has 1 aliphatic heterocycles. The van der Waals surface area contributed by atoms with Crippen LogP contribution in [0.2, 0.25) is 0 Å². The first-order valence-corrected chi connectivity index (χ1v) is 8.06. The first-order chi connectivity index (χ1) is 10.4. The summed E-state index contributed by atoms with van der Waals surface area (Å²) < 4.78 is 2.35. The smallest absolute Gasteiger partial charge is 0.140 e. The molecule has 110 valence electrons. The van der Waals surface area contributed by atoms with Crippen molar-refractivity contribution in [1.29, 1.82) is 0 Å². The Morgan fingerprint density at radius 1 is 1.14 bits per heavy atom. The molecule has 0 amide bonds. The van der Waals surface area contributed by atoms with Gasteiger partial charge < -0.3 is 10.3 Å². The summed E-state index contributed by atoms with van der Waals surface area (Å²) in [6.07, 6.45) is 5.78. The first-order valence-electron chi connectivity index (χ1n) is 8.06. The minimum atomic E-state index is 0.410. The molecule has 4 heteroatoms. The molecular weight excluding hydrogens is 260 g/mol. The lowest BCUT2D eigenvalue weighted by Crippen LogP contribution is -2.28. The van der Waals surface area contributed by atoms with Crippen LogP contribution < -0.4 is 5.73 Å². The fourth-order valence-corrected chi connectivity index (χ4v) is 3.89. The van der Waals surface area contributed by atoms with E-state index in [2.05, 4.69) is 39.0 Å². The van der Waals surface area contributed by atoms with Gasteiger partial charge in [0.15, 0.2) is 0 Å². The Kier molecular flexibility index (Phi) is 3.26. The summed E-state index contributed by atoms with van der Waals surface area (Å²) in [6.45, 7) is 1.76. The van der Waals surface area contributed by atoms with E-state index in [4.69, 9.17) is 5.73 Å². The fraction of sp³-hybridized carbons (Fsp3) is 0.529. The maximum absolute atomic E-state index is 5.88. The van der Waals surface area contributed by atoms with Crippen LogP contribution in [-0.4, -0.2) is 21.3 Å². The summed E-state index contributed by atoms with van der Waals surface area (Å²) in [7, 11) is 0. The summed E-state index contributed by atoms with van der Waals surface area (Å²) in [5.41, 5.74) is 8.82. The molecule has 0 saturated carbocycles. The molecule has 2 unspecified atom stereocenters. The maximum atomic E-state index is 5.88. The molecular formula is C17H22N4. The van der Waals surface area contributed by atoms with Gasteiger partial charge in [-0.3, -0.25) is 0 Å². The van der Waals surface area contributed by atoms with Crippen molar-refractivity contribution in [2.45, 2.75) is 44.6 Å². The van der Waals surface area contributed by atoms with Gasteiger partial charge in [0.25, 0.3) is 0 Å². The highest BCUT2D eigenvalue weighted by atomic mass is 15.3. The average molecular weight is 282 g/mol. The van der Waals surface area contributed by atoms with Crippen LogP contribution in [0.15, 0.2) is 24.3 Å². The molecule has 1 aromatic heterocycles. The molecule has 0 saturated heterocycles. The number of fused-ring (bicyclic) bond motifs is 2. The quantitative estimate of drug-likeness (QED) is 0.919. The Bertz CT molecular complexity index is 646. The van der Waals surface area contributed by atoms with E-state index in [0.29, 0.717) is 11.8 Å². The second kappa shape index (κ2) is 5.26. The van der Waals surface area contributed by atoms with Crippen molar-refractivity contribution in [2.75, 3.05) is 6.54 Å². The van der Waals surface area contributed by atoms with Crippen molar-refractivity contribution in [3.8, 4) is 0 Å². The molecule has 0 radical (unpaired) electrons. The van der Waals surface area contributed by atoms with E-state index in [0.717, 1.165) is 37.6 Å². The van der Waals surface area contributed by atoms with Crippen molar-refractivity contribution in [2.24, 2.45) is 11.7 Å². The van der Waals surface area contributed by atoms with Crippen molar-refractivity contribution >= 4 is 0 Å². The lowest BCUT2D eigenvalue weighted by Gasteiger charge is -2.28. The van der Waals surface area contributed by atoms with Crippen LogP contribution in [-0.2, 0) is 19.4 Å². The highest BCUT2D eigenvalue weighted by Gasteiger charge is 2.29. The van der Waals surface area contributed by atoms with E-state index in [-0.39, 0.29) is 0 Å². The molecule has 2 atom stereocenters. The Morgan fingerprint density at radius 3 is 2.95 bits per heavy atom. The van der Waals surface area contributed by atoms with Crippen LogP contribution in [0.3, 0.4) is 0 Å². The third-order valence-electron chi connectivity index (χ3n) is 5.09. The topological polar surface area (TPSA) is 56.7 Å². The molecule has 2 N–H and O–H groups in total. The molecule has 0 spiro atoms. The van der Waals surface area contributed by atoms with Gasteiger partial charge in [-0.25, -0.2) is 0 Å². The molecule has 21 heavy (non-hydrogen) atoms. The molecule has 1 aliphatic carbocycles. The van der Waals surface area contributed by atoms with Crippen molar-refractivity contribution in [1.82, 2.24) is 14.8 Å². The zero-order valence-electron chi connectivity index (χ0n) is 12.3. The number of hydrogen-bond acceptors (Lipinski definition) is 3. The zero-order valence-corrected chi connectivity index (χ0v) is 12.3. The lowest BCUT2D eigenvalue weighted by molar-refractivity contribution is 0.361. The number of rotatable bonds is 2. The van der Waals surface area contributed by atoms with E-state index in [1.54, 1.807) is 0 Å². The summed E-state index contributed by atoms with van der Waals surface area (Å²) in [4.78, 5) is 0. The number of nitrogens with zero attached hydrogens (tertiary/aromatic N) is 3. The van der Waals surface area contributed by atoms with Gasteiger partial charge in [-0.1, -0.05) is 24.3 Å². The summed E-state index contributed by atoms with van der Waals surface area (Å²) in [5.74, 6) is 3.30. The van der Waals surface area contributed by atoms with Crippen LogP contribution in [0.1, 0.15) is 48.0 Å². The molecule has 0 bridgehead atoms. The van der Waals surface area contributed by atoms with Crippen LogP contribution in [0.5, 0.6) is 0 Å². The maximum Gasteiger partial charge on any atom is 0.140 e. The number of benzene rings is 1. The molecule has 2 aliphatic rings. The number of aromatic nitrogens is 3. The third-order valence-corrected chi connectivity index (χ3v) is 5.09. The summed E-state index contributed by atoms with van der Waals surface area (Å²) >= 11 is 0. The van der Waals surface area contributed by atoms with Gasteiger partial charge in [0.2, 0.25) is 0 Å². The lowest BCUT2D eigenvalue weighted by atomic mass is 9.82. The standard InChI is InChI=1S/C17H22N4/c18-10-12-8-9-16-19-20-17(21(16)11-12)15-7-3-5-13-4-1-2-6-14(13)15/h1-2,4,6,12,15H,3,5,7-11,18H2. The zero-order chi connectivity index (χ0) is 14.2. The number of aryl methyl sites for hydroxylation is 2. The normalized spacial score (nSPS) is 24.4. The average Bonchev–Trinajstić information content (AvgIpc) is 2.97. The molecule has 2 heterocycles. The Balaban J connectivity index is 1.74. The third kappa shape index (κ3) is 2.18. The number of nitrogens with two attached hydrogens (primary N) is 1. The molecule has 0 fully saturated rings. The highest BCUT2D eigenvalue weighted by molar-refractivity contribution is 5.36. The highest BCUT2D eigenvalue weighted by Crippen LogP contribution is 2.37. The van der Waals surface area contributed by atoms with Crippen molar-refractivity contribution < 1.29 is 0 Å². The largest absolute Gasteiger partial charge is 0.330 e. The van der Waals surface area contributed by atoms with E-state index < -0.39 is 0 Å². The first kappa shape index (κ1) is 13.0. The van der Waals surface area contributed by atoms with E-state index in [9.17, 15) is 0 Å². The summed E-state index contributed by atoms with van der Waals surface area (Å²) in [6, 6.07) is 8.82. The molecule has 4 nitrogen and oxygen atoms in total. The molecule has 2 aromatic rings. The predicted molar refractivity (Wildman–Crippen MR) is 82.1 cm³/mol. The SMILES string of the molecule is NCC1CCc2nnc(C3CCCc4ccccc43)n2C1. The van der Waals surface area contributed by atoms with Crippen LogP contribution >= 0.6 is 0 Å². The van der Waals surface area contributed by atoms with Gasteiger partial charge in [0.05, 0.1) is 0 Å². The Hall–Kier alpha value is -1.68. The molecule has 1 aromatic carbocycles. The Morgan fingerprint density at radius 2 is 2.05 bits per heavy atom. The van der Waals surface area contributed by atoms with E-state index >= 15 is 0 Å². The minimum Gasteiger partial charge on any atom is -0.330 e. The van der Waals surface area contributed by atoms with E-state index in [1.807, 2.05) is 0 Å². The minimum absolute atomic E-state index is 0.410. The van der Waals surface area contributed by atoms with Gasteiger partial charge in [0.1, 0.15) is 11.6 Å². The van der Waals surface area contributed by atoms with Gasteiger partial charge in [0, 0.05) is 18.9 Å². The van der Waals surface area contributed by atoms with Gasteiger partial charge in [-0.2, -0.15) is 0 Å². The van der Waals surface area contributed by atoms with Gasteiger partial charge >= 0.3 is 0 Å². The fourth-order valence-electron chi connectivity index (χ4n) is 3.89. The Labute approximate surface area is 125 Å². The van der Waals surface area contributed by atoms with Crippen LogP contribution in [0.4, 0.5) is 0 Å². The van der Waals surface area contributed by atoms with Crippen molar-refractivity contribution in [3.05, 3.63) is 47.0 Å². The van der Waals surface area contributed by atoms with E-state index in [1.165, 1.54) is 30.4 Å².